The summed E-state index contributed by atoms with van der Waals surface area (Å²) in [7, 11) is 1.61. The van der Waals surface area contributed by atoms with Crippen molar-refractivity contribution in [3.63, 3.8) is 0 Å². The van der Waals surface area contributed by atoms with Crippen molar-refractivity contribution in [2.24, 2.45) is 0 Å². The summed E-state index contributed by atoms with van der Waals surface area (Å²) in [6.07, 6.45) is 0. The van der Waals surface area contributed by atoms with E-state index in [-0.39, 0.29) is 11.9 Å². The van der Waals surface area contributed by atoms with Crippen molar-refractivity contribution in [3.05, 3.63) is 89.5 Å². The number of ether oxygens (including phenoxy) is 1. The van der Waals surface area contributed by atoms with Gasteiger partial charge in [-0.2, -0.15) is 0 Å². The van der Waals surface area contributed by atoms with Crippen molar-refractivity contribution >= 4 is 35.1 Å². The van der Waals surface area contributed by atoms with Gasteiger partial charge in [-0.05, 0) is 42.8 Å². The second kappa shape index (κ2) is 8.48. The van der Waals surface area contributed by atoms with E-state index in [0.717, 1.165) is 22.4 Å². The van der Waals surface area contributed by atoms with E-state index < -0.39 is 4.87 Å². The number of nitrogens with zero attached hydrogens (tertiary/aromatic N) is 2. The third kappa shape index (κ3) is 3.62. The SMILES string of the molecule is COc1ccc2c(c1)[C@@]1(SCCN1C(=O)Nc1ccc(C)cc1)C(=O)N2Cc1ccccc1. The molecule has 7 heteroatoms. The van der Waals surface area contributed by atoms with Gasteiger partial charge >= 0.3 is 6.03 Å². The van der Waals surface area contributed by atoms with Gasteiger partial charge in [0.15, 0.2) is 4.87 Å². The predicted molar refractivity (Wildman–Crippen MR) is 132 cm³/mol. The summed E-state index contributed by atoms with van der Waals surface area (Å²) in [6, 6.07) is 22.9. The number of nitrogens with one attached hydrogen (secondary N) is 1. The minimum Gasteiger partial charge on any atom is -0.497 e. The number of rotatable bonds is 4. The van der Waals surface area contributed by atoms with E-state index >= 15 is 0 Å². The lowest BCUT2D eigenvalue weighted by atomic mass is 10.1. The molecule has 0 aromatic heterocycles. The minimum atomic E-state index is -1.12. The molecule has 3 aromatic rings. The van der Waals surface area contributed by atoms with Crippen molar-refractivity contribution in [3.8, 4) is 5.75 Å². The molecule has 33 heavy (non-hydrogen) atoms. The van der Waals surface area contributed by atoms with Crippen LogP contribution >= 0.6 is 11.8 Å². The highest BCUT2D eigenvalue weighted by Crippen LogP contribution is 2.55. The Bertz CT molecular complexity index is 1200. The van der Waals surface area contributed by atoms with Gasteiger partial charge in [0.1, 0.15) is 5.75 Å². The Morgan fingerprint density at radius 3 is 2.58 bits per heavy atom. The molecule has 3 amide bonds. The Kier molecular flexibility index (Phi) is 5.50. The molecule has 2 aliphatic heterocycles. The predicted octanol–water partition coefficient (Wildman–Crippen LogP) is 4.98. The van der Waals surface area contributed by atoms with Crippen LogP contribution in [0.1, 0.15) is 16.7 Å². The number of hydrogen-bond acceptors (Lipinski definition) is 4. The first-order chi connectivity index (χ1) is 16.0. The van der Waals surface area contributed by atoms with Crippen LogP contribution in [0.5, 0.6) is 5.75 Å². The smallest absolute Gasteiger partial charge is 0.323 e. The summed E-state index contributed by atoms with van der Waals surface area (Å²) < 4.78 is 5.48. The molecular formula is C26H25N3O3S. The Hall–Kier alpha value is -3.45. The lowest BCUT2D eigenvalue weighted by Gasteiger charge is -2.33. The maximum Gasteiger partial charge on any atom is 0.323 e. The molecule has 168 valence electrons. The zero-order valence-corrected chi connectivity index (χ0v) is 19.4. The average Bonchev–Trinajstić information content (AvgIpc) is 3.38. The third-order valence-corrected chi connectivity index (χ3v) is 7.55. The van der Waals surface area contributed by atoms with E-state index in [0.29, 0.717) is 30.3 Å². The van der Waals surface area contributed by atoms with Crippen LogP contribution in [0.3, 0.4) is 0 Å². The minimum absolute atomic E-state index is 0.101. The molecular weight excluding hydrogens is 434 g/mol. The Balaban J connectivity index is 1.54. The summed E-state index contributed by atoms with van der Waals surface area (Å²) in [5.74, 6) is 1.23. The van der Waals surface area contributed by atoms with Crippen LogP contribution in [0.25, 0.3) is 0 Å². The quantitative estimate of drug-likeness (QED) is 0.598. The number of carbonyl (C=O) groups excluding carboxylic acids is 2. The van der Waals surface area contributed by atoms with Crippen LogP contribution in [0.2, 0.25) is 0 Å². The number of carbonyl (C=O) groups is 2. The first kappa shape index (κ1) is 21.4. The van der Waals surface area contributed by atoms with Crippen molar-refractivity contribution in [2.45, 2.75) is 18.3 Å². The monoisotopic (exact) mass is 459 g/mol. The van der Waals surface area contributed by atoms with Crippen LogP contribution in [0.15, 0.2) is 72.8 Å². The topological polar surface area (TPSA) is 61.9 Å². The number of hydrogen-bond donors (Lipinski definition) is 1. The number of aryl methyl sites for hydroxylation is 1. The fourth-order valence-electron chi connectivity index (χ4n) is 4.47. The van der Waals surface area contributed by atoms with E-state index in [2.05, 4.69) is 5.32 Å². The second-order valence-corrected chi connectivity index (χ2v) is 9.49. The Labute approximate surface area is 197 Å². The molecule has 2 heterocycles. The van der Waals surface area contributed by atoms with Crippen molar-refractivity contribution in [1.29, 1.82) is 0 Å². The van der Waals surface area contributed by atoms with Crippen LogP contribution in [-0.4, -0.2) is 36.2 Å². The van der Waals surface area contributed by atoms with Crippen LogP contribution in [0.4, 0.5) is 16.2 Å². The molecule has 0 bridgehead atoms. The van der Waals surface area contributed by atoms with Gasteiger partial charge in [-0.3, -0.25) is 9.69 Å². The fraction of sp³-hybridized carbons (Fsp3) is 0.231. The molecule has 0 aliphatic carbocycles. The number of anilines is 2. The zero-order chi connectivity index (χ0) is 23.0. The molecule has 1 fully saturated rings. The lowest BCUT2D eigenvalue weighted by Crippen LogP contribution is -2.51. The molecule has 5 rings (SSSR count). The molecule has 0 radical (unpaired) electrons. The molecule has 3 aromatic carbocycles. The molecule has 0 unspecified atom stereocenters. The third-order valence-electron chi connectivity index (χ3n) is 6.13. The van der Waals surface area contributed by atoms with Crippen molar-refractivity contribution in [1.82, 2.24) is 4.90 Å². The largest absolute Gasteiger partial charge is 0.497 e. The maximum atomic E-state index is 14.0. The normalized spacial score (nSPS) is 19.2. The van der Waals surface area contributed by atoms with Crippen LogP contribution in [-0.2, 0) is 16.2 Å². The average molecular weight is 460 g/mol. The highest BCUT2D eigenvalue weighted by molar-refractivity contribution is 8.01. The van der Waals surface area contributed by atoms with Crippen LogP contribution in [0, 0.1) is 6.92 Å². The number of benzene rings is 3. The maximum absolute atomic E-state index is 14.0. The molecule has 1 saturated heterocycles. The molecule has 1 atom stereocenters. The van der Waals surface area contributed by atoms with Gasteiger partial charge in [0.2, 0.25) is 0 Å². The summed E-state index contributed by atoms with van der Waals surface area (Å²) in [5, 5.41) is 2.98. The molecule has 2 aliphatic rings. The van der Waals surface area contributed by atoms with Gasteiger partial charge in [0.05, 0.1) is 19.3 Å². The number of thioether (sulfide) groups is 1. The lowest BCUT2D eigenvalue weighted by molar-refractivity contribution is -0.123. The standard InChI is InChI=1S/C26H25N3O3S/c1-18-8-10-20(11-9-18)27-25(31)29-14-15-33-26(29)22-16-21(32-2)12-13-23(22)28(24(26)30)17-19-6-4-3-5-7-19/h3-13,16H,14-15,17H2,1-2H3,(H,27,31)/t26-/m1/s1. The second-order valence-electron chi connectivity index (χ2n) is 8.20. The van der Waals surface area contributed by atoms with Crippen LogP contribution < -0.4 is 15.0 Å². The van der Waals surface area contributed by atoms with Gasteiger partial charge in [-0.25, -0.2) is 4.79 Å². The first-order valence-corrected chi connectivity index (χ1v) is 11.8. The number of urea groups is 1. The van der Waals surface area contributed by atoms with Gasteiger partial charge in [-0.15, -0.1) is 11.8 Å². The Morgan fingerprint density at radius 2 is 1.85 bits per heavy atom. The molecule has 6 nitrogen and oxygen atoms in total. The summed E-state index contributed by atoms with van der Waals surface area (Å²) >= 11 is 1.50. The number of amides is 3. The van der Waals surface area contributed by atoms with Gasteiger partial charge < -0.3 is 15.0 Å². The van der Waals surface area contributed by atoms with Crippen molar-refractivity contribution in [2.75, 3.05) is 29.6 Å². The summed E-state index contributed by atoms with van der Waals surface area (Å²) in [5.41, 5.74) is 4.46. The fourth-order valence-corrected chi connectivity index (χ4v) is 5.92. The van der Waals surface area contributed by atoms with E-state index in [1.807, 2.05) is 79.7 Å². The van der Waals surface area contributed by atoms with Gasteiger partial charge in [0, 0.05) is 23.5 Å². The number of fused-ring (bicyclic) bond motifs is 2. The van der Waals surface area contributed by atoms with E-state index in [9.17, 15) is 9.59 Å². The summed E-state index contributed by atoms with van der Waals surface area (Å²) in [4.78, 5) is 29.8. The molecule has 0 saturated carbocycles. The summed E-state index contributed by atoms with van der Waals surface area (Å²) in [6.45, 7) is 2.92. The van der Waals surface area contributed by atoms with E-state index in [4.69, 9.17) is 4.74 Å². The molecule has 1 N–H and O–H groups in total. The van der Waals surface area contributed by atoms with E-state index in [1.54, 1.807) is 16.9 Å². The van der Waals surface area contributed by atoms with Gasteiger partial charge in [-0.1, -0.05) is 48.0 Å². The highest BCUT2D eigenvalue weighted by Gasteiger charge is 2.59. The highest BCUT2D eigenvalue weighted by atomic mass is 32.2. The Morgan fingerprint density at radius 1 is 1.09 bits per heavy atom. The zero-order valence-electron chi connectivity index (χ0n) is 18.6. The number of methoxy groups -OCH3 is 1. The van der Waals surface area contributed by atoms with Gasteiger partial charge in [0.25, 0.3) is 5.91 Å². The van der Waals surface area contributed by atoms with E-state index in [1.165, 1.54) is 11.8 Å². The van der Waals surface area contributed by atoms with Crippen molar-refractivity contribution < 1.29 is 14.3 Å². The molecule has 1 spiro atoms. The first-order valence-electron chi connectivity index (χ1n) is 10.9.